The molecule has 0 aliphatic heterocycles. The van der Waals surface area contributed by atoms with Gasteiger partial charge < -0.3 is 0 Å². The summed E-state index contributed by atoms with van der Waals surface area (Å²) < 4.78 is 0. The number of carbonyl (C=O) groups excluding carboxylic acids is 2. The van der Waals surface area contributed by atoms with Crippen molar-refractivity contribution in [2.75, 3.05) is 0 Å². The molecule has 0 aromatic heterocycles. The number of rotatable bonds is 5. The summed E-state index contributed by atoms with van der Waals surface area (Å²) in [5.74, 6) is -0.305. The van der Waals surface area contributed by atoms with E-state index in [2.05, 4.69) is 0 Å². The third-order valence-corrected chi connectivity index (χ3v) is 2.38. The van der Waals surface area contributed by atoms with Gasteiger partial charge in [-0.2, -0.15) is 0 Å². The van der Waals surface area contributed by atoms with E-state index < -0.39 is 0 Å². The molecule has 0 bridgehead atoms. The van der Waals surface area contributed by atoms with Crippen LogP contribution in [0, 0.1) is 0 Å². The van der Waals surface area contributed by atoms with Gasteiger partial charge >= 0.3 is 0 Å². The Morgan fingerprint density at radius 3 is 2.12 bits per heavy atom. The minimum Gasteiger partial charge on any atom is -0.294 e. The van der Waals surface area contributed by atoms with E-state index >= 15 is 0 Å². The molecule has 0 fully saturated rings. The Morgan fingerprint density at radius 1 is 1.06 bits per heavy atom. The molecule has 0 spiro atoms. The first-order valence-corrected chi connectivity index (χ1v) is 5.37. The van der Waals surface area contributed by atoms with Crippen molar-refractivity contribution >= 4 is 11.6 Å². The average Bonchev–Trinajstić information content (AvgIpc) is 2.24. The highest BCUT2D eigenvalue weighted by Crippen LogP contribution is 2.06. The van der Waals surface area contributed by atoms with Gasteiger partial charge in [-0.3, -0.25) is 9.59 Å². The Bertz CT molecular complexity index is 386. The second kappa shape index (κ2) is 6.01. The highest BCUT2D eigenvalue weighted by Gasteiger charge is 2.07. The van der Waals surface area contributed by atoms with Crippen LogP contribution in [0.4, 0.5) is 0 Å². The van der Waals surface area contributed by atoms with E-state index in [9.17, 15) is 9.59 Å². The summed E-state index contributed by atoms with van der Waals surface area (Å²) in [5, 5.41) is 0. The normalized spacial score (nSPS) is 9.62. The van der Waals surface area contributed by atoms with E-state index in [4.69, 9.17) is 0 Å². The summed E-state index contributed by atoms with van der Waals surface area (Å²) in [6.45, 7) is 2.85. The quantitative estimate of drug-likeness (QED) is 0.431. The summed E-state index contributed by atoms with van der Waals surface area (Å²) in [4.78, 5) is 22.3. The number of hydrogen-bond donors (Lipinski definition) is 0. The molecule has 0 atom stereocenters. The number of hydrogen-bond acceptors (Lipinski definition) is 2. The van der Waals surface area contributed by atoms with Crippen LogP contribution in [0.2, 0.25) is 0 Å². The maximum atomic E-state index is 11.1. The average molecular weight is 216 g/mol. The first-order chi connectivity index (χ1) is 7.61. The molecule has 0 unspecified atom stereocenters. The molecule has 0 aliphatic carbocycles. The molecule has 0 saturated carbocycles. The van der Waals surface area contributed by atoms with E-state index in [0.29, 0.717) is 5.57 Å². The van der Waals surface area contributed by atoms with Crippen LogP contribution >= 0.6 is 0 Å². The van der Waals surface area contributed by atoms with Gasteiger partial charge in [0.05, 0.1) is 5.57 Å². The molecule has 0 radical (unpaired) electrons. The molecule has 1 aromatic carbocycles. The number of ketones is 2. The highest BCUT2D eigenvalue weighted by atomic mass is 16.1. The maximum Gasteiger partial charge on any atom is 0.163 e. The van der Waals surface area contributed by atoms with E-state index in [-0.39, 0.29) is 11.6 Å². The fraction of sp³-hybridized carbons (Fsp3) is 0.286. The smallest absolute Gasteiger partial charge is 0.163 e. The largest absolute Gasteiger partial charge is 0.294 e. The van der Waals surface area contributed by atoms with Crippen molar-refractivity contribution in [1.82, 2.24) is 0 Å². The van der Waals surface area contributed by atoms with Crippen LogP contribution in [0.5, 0.6) is 0 Å². The number of benzene rings is 1. The molecule has 1 rings (SSSR count). The van der Waals surface area contributed by atoms with Crippen LogP contribution in [0.3, 0.4) is 0 Å². The zero-order chi connectivity index (χ0) is 12.0. The van der Waals surface area contributed by atoms with Gasteiger partial charge in [-0.1, -0.05) is 36.4 Å². The van der Waals surface area contributed by atoms with E-state index in [1.54, 1.807) is 6.08 Å². The summed E-state index contributed by atoms with van der Waals surface area (Å²) in [7, 11) is 0. The topological polar surface area (TPSA) is 34.1 Å². The molecule has 0 N–H and O–H groups in total. The number of aryl methyl sites for hydroxylation is 1. The van der Waals surface area contributed by atoms with Crippen molar-refractivity contribution in [2.45, 2.75) is 26.7 Å². The summed E-state index contributed by atoms with van der Waals surface area (Å²) >= 11 is 0. The predicted octanol–water partition coefficient (Wildman–Crippen LogP) is 2.72. The van der Waals surface area contributed by atoms with Gasteiger partial charge in [-0.15, -0.1) is 0 Å². The lowest BCUT2D eigenvalue weighted by atomic mass is 10.0. The zero-order valence-electron chi connectivity index (χ0n) is 9.69. The molecular weight excluding hydrogens is 200 g/mol. The second-order valence-electron chi connectivity index (χ2n) is 3.75. The lowest BCUT2D eigenvalue weighted by Crippen LogP contribution is -2.06. The summed E-state index contributed by atoms with van der Waals surface area (Å²) in [6.07, 6.45) is 3.31. The molecule has 0 amide bonds. The fourth-order valence-corrected chi connectivity index (χ4v) is 1.56. The molecule has 2 nitrogen and oxygen atoms in total. The van der Waals surface area contributed by atoms with Crippen LogP contribution in [-0.2, 0) is 16.0 Å². The predicted molar refractivity (Wildman–Crippen MR) is 64.2 cm³/mol. The first-order valence-electron chi connectivity index (χ1n) is 5.37. The Hall–Kier alpha value is -1.70. The van der Waals surface area contributed by atoms with Gasteiger partial charge in [0.15, 0.2) is 11.6 Å². The van der Waals surface area contributed by atoms with Crippen LogP contribution < -0.4 is 0 Å². The Labute approximate surface area is 96.0 Å². The van der Waals surface area contributed by atoms with Gasteiger partial charge in [0, 0.05) is 0 Å². The van der Waals surface area contributed by atoms with Crippen molar-refractivity contribution in [3.8, 4) is 0 Å². The molecule has 0 aliphatic rings. The molecule has 0 heterocycles. The van der Waals surface area contributed by atoms with Crippen LogP contribution in [0.25, 0.3) is 0 Å². The van der Waals surface area contributed by atoms with Crippen LogP contribution in [-0.4, -0.2) is 11.6 Å². The lowest BCUT2D eigenvalue weighted by Gasteiger charge is -1.99. The second-order valence-corrected chi connectivity index (χ2v) is 3.75. The van der Waals surface area contributed by atoms with Crippen molar-refractivity contribution in [3.63, 3.8) is 0 Å². The van der Waals surface area contributed by atoms with Crippen molar-refractivity contribution < 1.29 is 9.59 Å². The van der Waals surface area contributed by atoms with Gasteiger partial charge in [0.1, 0.15) is 0 Å². The molecular formula is C14H16O2. The molecule has 1 aromatic rings. The number of carbonyl (C=O) groups is 2. The molecule has 0 saturated heterocycles. The Kier molecular flexibility index (Phi) is 4.65. The minimum atomic E-state index is -0.152. The van der Waals surface area contributed by atoms with E-state index in [1.807, 2.05) is 30.3 Å². The Morgan fingerprint density at radius 2 is 1.62 bits per heavy atom. The summed E-state index contributed by atoms with van der Waals surface area (Å²) in [6, 6.07) is 10.0. The molecule has 2 heteroatoms. The number of Topliss-reactive ketones (excluding diaryl/α,β-unsaturated/α-hetero) is 2. The van der Waals surface area contributed by atoms with Gasteiger partial charge in [-0.05, 0) is 32.3 Å². The summed E-state index contributed by atoms with van der Waals surface area (Å²) in [5.41, 5.74) is 1.53. The van der Waals surface area contributed by atoms with Gasteiger partial charge in [0.2, 0.25) is 0 Å². The van der Waals surface area contributed by atoms with E-state index in [1.165, 1.54) is 19.4 Å². The fourth-order valence-electron chi connectivity index (χ4n) is 1.56. The lowest BCUT2D eigenvalue weighted by molar-refractivity contribution is -0.119. The van der Waals surface area contributed by atoms with E-state index in [0.717, 1.165) is 12.8 Å². The van der Waals surface area contributed by atoms with Crippen molar-refractivity contribution in [1.29, 1.82) is 0 Å². The zero-order valence-corrected chi connectivity index (χ0v) is 9.69. The Balaban J connectivity index is 2.59. The SMILES string of the molecule is CC(=O)C(=CCCc1ccccc1)C(C)=O. The van der Waals surface area contributed by atoms with Gasteiger partial charge in [-0.25, -0.2) is 0 Å². The van der Waals surface area contributed by atoms with Crippen LogP contribution in [0.1, 0.15) is 25.8 Å². The molecule has 16 heavy (non-hydrogen) atoms. The maximum absolute atomic E-state index is 11.1. The number of allylic oxidation sites excluding steroid dienone is 2. The third kappa shape index (κ3) is 3.81. The monoisotopic (exact) mass is 216 g/mol. The standard InChI is InChI=1S/C14H16O2/c1-11(15)14(12(2)16)10-6-9-13-7-4-3-5-8-13/h3-5,7-8,10H,6,9H2,1-2H3. The van der Waals surface area contributed by atoms with Gasteiger partial charge in [0.25, 0.3) is 0 Å². The minimum absolute atomic E-state index is 0.152. The third-order valence-electron chi connectivity index (χ3n) is 2.38. The van der Waals surface area contributed by atoms with Crippen LogP contribution in [0.15, 0.2) is 42.0 Å². The highest BCUT2D eigenvalue weighted by molar-refractivity contribution is 6.18. The molecule has 84 valence electrons. The van der Waals surface area contributed by atoms with Crippen molar-refractivity contribution in [3.05, 3.63) is 47.5 Å². The van der Waals surface area contributed by atoms with Crippen molar-refractivity contribution in [2.24, 2.45) is 0 Å². The first kappa shape index (κ1) is 12.4.